The summed E-state index contributed by atoms with van der Waals surface area (Å²) in [6, 6.07) is -1.31. The fourth-order valence-electron chi connectivity index (χ4n) is 1.71. The summed E-state index contributed by atoms with van der Waals surface area (Å²) in [5.74, 6) is -1.73. The maximum Gasteiger partial charge on any atom is 0.422 e. The topological polar surface area (TPSA) is 78.4 Å². The molecule has 0 bridgehead atoms. The lowest BCUT2D eigenvalue weighted by molar-refractivity contribution is -0.203. The first-order valence-electron chi connectivity index (χ1n) is 5.45. The molecule has 1 aliphatic carbocycles. The molecule has 5 nitrogen and oxygen atoms in total. The molecule has 2 amide bonds. The van der Waals surface area contributed by atoms with E-state index in [1.807, 2.05) is 6.92 Å². The molecule has 0 aliphatic heterocycles. The van der Waals surface area contributed by atoms with E-state index in [4.69, 9.17) is 5.11 Å². The monoisotopic (exact) mass is 268 g/mol. The van der Waals surface area contributed by atoms with E-state index in [-0.39, 0.29) is 6.04 Å². The van der Waals surface area contributed by atoms with Crippen LogP contribution in [0, 0.1) is 5.92 Å². The molecule has 1 rings (SSSR count). The van der Waals surface area contributed by atoms with E-state index >= 15 is 0 Å². The molecule has 0 aromatic rings. The number of rotatable bonds is 3. The predicted octanol–water partition coefficient (Wildman–Crippen LogP) is 1.49. The van der Waals surface area contributed by atoms with Crippen molar-refractivity contribution in [3.63, 3.8) is 0 Å². The molecule has 0 saturated heterocycles. The lowest BCUT2D eigenvalue weighted by Gasteiger charge is -2.35. The fraction of sp³-hybridized carbons (Fsp3) is 0.800. The minimum Gasteiger partial charge on any atom is -0.479 e. The minimum absolute atomic E-state index is 0.189. The van der Waals surface area contributed by atoms with Crippen molar-refractivity contribution >= 4 is 12.0 Å². The normalized spacial score (nSPS) is 26.7. The zero-order valence-electron chi connectivity index (χ0n) is 9.97. The molecule has 0 heterocycles. The van der Waals surface area contributed by atoms with E-state index in [0.29, 0.717) is 25.7 Å². The van der Waals surface area contributed by atoms with Crippen LogP contribution in [0.25, 0.3) is 0 Å². The zero-order valence-corrected chi connectivity index (χ0v) is 9.97. The number of carbonyl (C=O) groups is 2. The molecule has 1 unspecified atom stereocenters. The molecule has 1 saturated carbocycles. The van der Waals surface area contributed by atoms with Crippen LogP contribution in [-0.4, -0.2) is 34.9 Å². The van der Waals surface area contributed by atoms with Crippen LogP contribution in [-0.2, 0) is 4.79 Å². The molecular weight excluding hydrogens is 253 g/mol. The minimum atomic E-state index is -5.07. The Hall–Kier alpha value is -1.47. The molecule has 104 valence electrons. The van der Waals surface area contributed by atoms with E-state index in [2.05, 4.69) is 5.32 Å². The smallest absolute Gasteiger partial charge is 0.422 e. The first-order valence-corrected chi connectivity index (χ1v) is 5.45. The highest BCUT2D eigenvalue weighted by molar-refractivity contribution is 5.86. The number of carboxylic acid groups (broad SMARTS) is 1. The number of amides is 2. The lowest BCUT2D eigenvalue weighted by Crippen LogP contribution is -2.64. The molecule has 1 aliphatic rings. The average molecular weight is 268 g/mol. The molecule has 8 heteroatoms. The Morgan fingerprint density at radius 1 is 1.28 bits per heavy atom. The predicted molar refractivity (Wildman–Crippen MR) is 55.9 cm³/mol. The van der Waals surface area contributed by atoms with E-state index in [1.165, 1.54) is 5.32 Å². The second-order valence-electron chi connectivity index (χ2n) is 4.80. The molecule has 0 aromatic carbocycles. The number of carboxylic acids is 1. The summed E-state index contributed by atoms with van der Waals surface area (Å²) in [5, 5.41) is 12.4. The van der Waals surface area contributed by atoms with Crippen LogP contribution in [0.3, 0.4) is 0 Å². The average Bonchev–Trinajstić information content (AvgIpc) is 2.12. The number of halogens is 3. The van der Waals surface area contributed by atoms with Crippen molar-refractivity contribution in [1.29, 1.82) is 0 Å². The number of carbonyl (C=O) groups excluding carboxylic acids is 1. The van der Waals surface area contributed by atoms with Crippen molar-refractivity contribution in [2.24, 2.45) is 5.92 Å². The Kier molecular flexibility index (Phi) is 3.78. The number of alkyl halides is 3. The molecule has 0 spiro atoms. The van der Waals surface area contributed by atoms with Gasteiger partial charge in [0.15, 0.2) is 0 Å². The van der Waals surface area contributed by atoms with Gasteiger partial charge in [0.2, 0.25) is 5.54 Å². The van der Waals surface area contributed by atoms with Gasteiger partial charge < -0.3 is 15.7 Å². The fourth-order valence-corrected chi connectivity index (χ4v) is 1.71. The van der Waals surface area contributed by atoms with Gasteiger partial charge in [0.25, 0.3) is 0 Å². The van der Waals surface area contributed by atoms with Gasteiger partial charge in [-0.25, -0.2) is 9.59 Å². The van der Waals surface area contributed by atoms with Crippen LogP contribution < -0.4 is 10.6 Å². The van der Waals surface area contributed by atoms with Gasteiger partial charge in [0, 0.05) is 6.04 Å². The van der Waals surface area contributed by atoms with E-state index in [9.17, 15) is 22.8 Å². The summed E-state index contributed by atoms with van der Waals surface area (Å²) in [6.07, 6.45) is -3.70. The molecule has 3 N–H and O–H groups in total. The summed E-state index contributed by atoms with van der Waals surface area (Å²) in [5.41, 5.74) is -3.29. The number of nitrogens with one attached hydrogen (secondary N) is 2. The van der Waals surface area contributed by atoms with Gasteiger partial charge in [-0.3, -0.25) is 0 Å². The van der Waals surface area contributed by atoms with Crippen molar-refractivity contribution in [2.45, 2.75) is 44.4 Å². The Morgan fingerprint density at radius 2 is 1.78 bits per heavy atom. The lowest BCUT2D eigenvalue weighted by atomic mass is 9.82. The first kappa shape index (κ1) is 14.6. The molecule has 1 fully saturated rings. The van der Waals surface area contributed by atoms with Crippen LogP contribution in [0.2, 0.25) is 0 Å². The third-order valence-electron chi connectivity index (χ3n) is 3.07. The van der Waals surface area contributed by atoms with Gasteiger partial charge in [-0.15, -0.1) is 0 Å². The van der Waals surface area contributed by atoms with Crippen molar-refractivity contribution in [3.05, 3.63) is 0 Å². The third-order valence-corrected chi connectivity index (χ3v) is 3.07. The van der Waals surface area contributed by atoms with Crippen LogP contribution in [0.15, 0.2) is 0 Å². The maximum absolute atomic E-state index is 12.6. The highest BCUT2D eigenvalue weighted by atomic mass is 19.4. The Morgan fingerprint density at radius 3 is 2.11 bits per heavy atom. The van der Waals surface area contributed by atoms with Gasteiger partial charge >= 0.3 is 18.2 Å². The summed E-state index contributed by atoms with van der Waals surface area (Å²) < 4.78 is 37.8. The SMILES string of the molecule is CC1CC(NC(=O)NC(C)(C(=O)O)C(F)(F)F)C1. The molecule has 0 aromatic heterocycles. The molecule has 1 atom stereocenters. The maximum atomic E-state index is 12.6. The first-order chi connectivity index (χ1) is 8.06. The van der Waals surface area contributed by atoms with E-state index in [0.717, 1.165) is 0 Å². The van der Waals surface area contributed by atoms with Crippen molar-refractivity contribution in [1.82, 2.24) is 10.6 Å². The van der Waals surface area contributed by atoms with Crippen LogP contribution in [0.1, 0.15) is 26.7 Å². The highest BCUT2D eigenvalue weighted by Gasteiger charge is 2.58. The largest absolute Gasteiger partial charge is 0.479 e. The summed E-state index contributed by atoms with van der Waals surface area (Å²) in [7, 11) is 0. The number of urea groups is 1. The van der Waals surface area contributed by atoms with Crippen molar-refractivity contribution < 1.29 is 27.9 Å². The van der Waals surface area contributed by atoms with Crippen LogP contribution in [0.4, 0.5) is 18.0 Å². The van der Waals surface area contributed by atoms with Gasteiger partial charge in [-0.1, -0.05) is 6.92 Å². The van der Waals surface area contributed by atoms with Crippen molar-refractivity contribution in [2.75, 3.05) is 0 Å². The number of aliphatic carboxylic acids is 1. The second kappa shape index (κ2) is 4.66. The van der Waals surface area contributed by atoms with Crippen LogP contribution >= 0.6 is 0 Å². The molecular formula is C10H15F3N2O3. The highest BCUT2D eigenvalue weighted by Crippen LogP contribution is 2.31. The van der Waals surface area contributed by atoms with Gasteiger partial charge in [0.1, 0.15) is 0 Å². The molecule has 0 radical (unpaired) electrons. The summed E-state index contributed by atoms with van der Waals surface area (Å²) in [6.45, 7) is 2.37. The Labute approximate surface area is 102 Å². The Balaban J connectivity index is 2.62. The zero-order chi connectivity index (χ0) is 14.1. The second-order valence-corrected chi connectivity index (χ2v) is 4.80. The van der Waals surface area contributed by atoms with Gasteiger partial charge in [0.05, 0.1) is 0 Å². The van der Waals surface area contributed by atoms with Gasteiger partial charge in [-0.2, -0.15) is 13.2 Å². The number of hydrogen-bond acceptors (Lipinski definition) is 2. The third kappa shape index (κ3) is 2.85. The quantitative estimate of drug-likeness (QED) is 0.725. The molecule has 18 heavy (non-hydrogen) atoms. The summed E-state index contributed by atoms with van der Waals surface area (Å²) in [4.78, 5) is 22.0. The summed E-state index contributed by atoms with van der Waals surface area (Å²) >= 11 is 0. The standard InChI is InChI=1S/C10H15F3N2O3/c1-5-3-6(4-5)14-8(18)15-9(2,7(16)17)10(11,12)13/h5-6H,3-4H2,1-2H3,(H,16,17)(H2,14,15,18). The van der Waals surface area contributed by atoms with Crippen molar-refractivity contribution in [3.8, 4) is 0 Å². The number of hydrogen-bond donors (Lipinski definition) is 3. The Bertz CT molecular complexity index is 353. The van der Waals surface area contributed by atoms with E-state index in [1.54, 1.807) is 0 Å². The van der Waals surface area contributed by atoms with E-state index < -0.39 is 23.7 Å². The van der Waals surface area contributed by atoms with Crippen LogP contribution in [0.5, 0.6) is 0 Å². The van der Waals surface area contributed by atoms with Gasteiger partial charge in [-0.05, 0) is 25.7 Å².